The number of ether oxygens (including phenoxy) is 1. The fourth-order valence-corrected chi connectivity index (χ4v) is 3.52. The van der Waals surface area contributed by atoms with Crippen molar-refractivity contribution in [1.29, 1.82) is 0 Å². The zero-order chi connectivity index (χ0) is 16.9. The Morgan fingerprint density at radius 3 is 2.75 bits per heavy atom. The van der Waals surface area contributed by atoms with Gasteiger partial charge in [-0.15, -0.1) is 11.3 Å². The summed E-state index contributed by atoms with van der Waals surface area (Å²) in [6.07, 6.45) is 1.75. The Morgan fingerprint density at radius 1 is 1.29 bits per heavy atom. The Kier molecular flexibility index (Phi) is 5.20. The Morgan fingerprint density at radius 2 is 2.08 bits per heavy atom. The highest BCUT2D eigenvalue weighted by atomic mass is 32.1. The van der Waals surface area contributed by atoms with Crippen LogP contribution in [-0.2, 0) is 6.54 Å². The lowest BCUT2D eigenvalue weighted by Crippen LogP contribution is -2.51. The number of carbonyl (C=O) groups is 1. The Bertz CT molecular complexity index is 695. The number of urea groups is 1. The first-order valence-corrected chi connectivity index (χ1v) is 8.80. The van der Waals surface area contributed by atoms with Gasteiger partial charge in [-0.2, -0.15) is 0 Å². The van der Waals surface area contributed by atoms with E-state index in [4.69, 9.17) is 4.74 Å². The summed E-state index contributed by atoms with van der Waals surface area (Å²) >= 11 is 1.72. The number of methoxy groups -OCH3 is 1. The van der Waals surface area contributed by atoms with Gasteiger partial charge in [0.05, 0.1) is 13.7 Å². The number of thiophene rings is 1. The lowest BCUT2D eigenvalue weighted by atomic mass is 10.3. The normalized spacial score (nSPS) is 14.6. The average molecular weight is 346 g/mol. The molecule has 3 heterocycles. The average Bonchev–Trinajstić information content (AvgIpc) is 3.05. The molecule has 1 saturated heterocycles. The minimum absolute atomic E-state index is 0.000644. The number of nitrogens with one attached hydrogen (secondary N) is 1. The molecule has 0 radical (unpaired) electrons. The maximum Gasteiger partial charge on any atom is 0.317 e. The van der Waals surface area contributed by atoms with Crippen molar-refractivity contribution in [2.45, 2.75) is 13.5 Å². The summed E-state index contributed by atoms with van der Waals surface area (Å²) in [5, 5.41) is 3.00. The summed E-state index contributed by atoms with van der Waals surface area (Å²) in [6.45, 7) is 5.58. The molecule has 7 heteroatoms. The van der Waals surface area contributed by atoms with Gasteiger partial charge in [0.15, 0.2) is 0 Å². The monoisotopic (exact) mass is 346 g/mol. The van der Waals surface area contributed by atoms with Crippen molar-refractivity contribution in [3.8, 4) is 5.75 Å². The van der Waals surface area contributed by atoms with Crippen molar-refractivity contribution < 1.29 is 9.53 Å². The Balaban J connectivity index is 1.49. The zero-order valence-electron chi connectivity index (χ0n) is 14.0. The molecule has 0 aromatic carbocycles. The molecule has 24 heavy (non-hydrogen) atoms. The van der Waals surface area contributed by atoms with Gasteiger partial charge in [-0.3, -0.25) is 0 Å². The van der Waals surface area contributed by atoms with Gasteiger partial charge < -0.3 is 19.9 Å². The van der Waals surface area contributed by atoms with Crippen molar-refractivity contribution in [2.24, 2.45) is 0 Å². The number of aryl methyl sites for hydroxylation is 1. The number of carbonyl (C=O) groups excluding carboxylic acids is 1. The number of rotatable bonds is 4. The number of anilines is 1. The van der Waals surface area contributed by atoms with Crippen LogP contribution in [0, 0.1) is 6.92 Å². The van der Waals surface area contributed by atoms with Gasteiger partial charge >= 0.3 is 6.03 Å². The van der Waals surface area contributed by atoms with Crippen LogP contribution in [0.4, 0.5) is 10.6 Å². The molecule has 2 aromatic rings. The molecule has 0 aliphatic carbocycles. The number of aromatic nitrogens is 1. The molecular weight excluding hydrogens is 324 g/mol. The topological polar surface area (TPSA) is 57.7 Å². The first-order valence-electron chi connectivity index (χ1n) is 7.99. The second-order valence-electron chi connectivity index (χ2n) is 5.70. The first-order chi connectivity index (χ1) is 11.7. The number of piperazine rings is 1. The number of pyridine rings is 1. The number of hydrogen-bond acceptors (Lipinski definition) is 5. The fraction of sp³-hybridized carbons (Fsp3) is 0.412. The molecule has 0 bridgehead atoms. The summed E-state index contributed by atoms with van der Waals surface area (Å²) in [4.78, 5) is 23.2. The van der Waals surface area contributed by atoms with Crippen LogP contribution < -0.4 is 15.0 Å². The molecule has 0 saturated carbocycles. The van der Waals surface area contributed by atoms with Crippen LogP contribution in [0.5, 0.6) is 5.75 Å². The standard InChI is InChI=1S/C17H22N4O2S/c1-13-3-4-15(24-13)12-19-17(22)21-9-7-20(8-10-21)16-11-14(23-2)5-6-18-16/h3-6,11H,7-10,12H2,1-2H3,(H,19,22). The van der Waals surface area contributed by atoms with Crippen molar-refractivity contribution in [1.82, 2.24) is 15.2 Å². The highest BCUT2D eigenvalue weighted by molar-refractivity contribution is 7.11. The maximum absolute atomic E-state index is 12.3. The molecule has 6 nitrogen and oxygen atoms in total. The summed E-state index contributed by atoms with van der Waals surface area (Å²) in [5.41, 5.74) is 0. The van der Waals surface area contributed by atoms with Gasteiger partial charge in [0.1, 0.15) is 11.6 Å². The molecule has 1 aliphatic rings. The Labute approximate surface area is 146 Å². The van der Waals surface area contributed by atoms with Crippen LogP contribution in [0.2, 0.25) is 0 Å². The largest absolute Gasteiger partial charge is 0.497 e. The summed E-state index contributed by atoms with van der Waals surface area (Å²) in [5.74, 6) is 1.69. The van der Waals surface area contributed by atoms with Crippen LogP contribution in [0.3, 0.4) is 0 Å². The molecular formula is C17H22N4O2S. The van der Waals surface area contributed by atoms with Crippen molar-refractivity contribution in [3.05, 3.63) is 40.2 Å². The van der Waals surface area contributed by atoms with Gasteiger partial charge in [0, 0.05) is 48.2 Å². The highest BCUT2D eigenvalue weighted by Gasteiger charge is 2.22. The smallest absolute Gasteiger partial charge is 0.317 e. The molecule has 2 aromatic heterocycles. The maximum atomic E-state index is 12.3. The van der Waals surface area contributed by atoms with Crippen LogP contribution >= 0.6 is 11.3 Å². The molecule has 3 rings (SSSR count). The van der Waals surface area contributed by atoms with Crippen molar-refractivity contribution >= 4 is 23.2 Å². The number of nitrogens with zero attached hydrogens (tertiary/aromatic N) is 3. The van der Waals surface area contributed by atoms with Crippen molar-refractivity contribution in [2.75, 3.05) is 38.2 Å². The molecule has 0 atom stereocenters. The van der Waals surface area contributed by atoms with Crippen LogP contribution in [0.25, 0.3) is 0 Å². The van der Waals surface area contributed by atoms with Crippen molar-refractivity contribution in [3.63, 3.8) is 0 Å². The van der Waals surface area contributed by atoms with E-state index in [1.165, 1.54) is 9.75 Å². The van der Waals surface area contributed by atoms with Gasteiger partial charge in [-0.05, 0) is 25.1 Å². The van der Waals surface area contributed by atoms with E-state index in [0.717, 1.165) is 24.7 Å². The molecule has 1 aliphatic heterocycles. The lowest BCUT2D eigenvalue weighted by molar-refractivity contribution is 0.194. The van der Waals surface area contributed by atoms with Gasteiger partial charge in [-0.25, -0.2) is 9.78 Å². The lowest BCUT2D eigenvalue weighted by Gasteiger charge is -2.35. The quantitative estimate of drug-likeness (QED) is 0.924. The van der Waals surface area contributed by atoms with Gasteiger partial charge in [0.25, 0.3) is 0 Å². The second kappa shape index (κ2) is 7.53. The van der Waals surface area contributed by atoms with E-state index in [1.807, 2.05) is 17.0 Å². The molecule has 0 unspecified atom stereocenters. The summed E-state index contributed by atoms with van der Waals surface area (Å²) in [6, 6.07) is 7.90. The summed E-state index contributed by atoms with van der Waals surface area (Å²) < 4.78 is 5.24. The number of amides is 2. The Hall–Kier alpha value is -2.28. The van der Waals surface area contributed by atoms with Crippen LogP contribution in [-0.4, -0.2) is 49.2 Å². The van der Waals surface area contributed by atoms with E-state index >= 15 is 0 Å². The molecule has 1 N–H and O–H groups in total. The second-order valence-corrected chi connectivity index (χ2v) is 7.07. The SMILES string of the molecule is COc1ccnc(N2CCN(C(=O)NCc3ccc(C)s3)CC2)c1. The zero-order valence-corrected chi connectivity index (χ0v) is 14.8. The fourth-order valence-electron chi connectivity index (χ4n) is 2.69. The van der Waals surface area contributed by atoms with Crippen LogP contribution in [0.15, 0.2) is 30.5 Å². The van der Waals surface area contributed by atoms with E-state index in [9.17, 15) is 4.79 Å². The van der Waals surface area contributed by atoms with Gasteiger partial charge in [-0.1, -0.05) is 0 Å². The van der Waals surface area contributed by atoms with Gasteiger partial charge in [0.2, 0.25) is 0 Å². The van der Waals surface area contributed by atoms with E-state index in [1.54, 1.807) is 24.6 Å². The molecule has 128 valence electrons. The van der Waals surface area contributed by atoms with E-state index in [2.05, 4.69) is 34.3 Å². The molecule has 0 spiro atoms. The van der Waals surface area contributed by atoms with E-state index < -0.39 is 0 Å². The summed E-state index contributed by atoms with van der Waals surface area (Å²) in [7, 11) is 1.65. The predicted molar refractivity (Wildman–Crippen MR) is 95.9 cm³/mol. The number of hydrogen-bond donors (Lipinski definition) is 1. The molecule has 1 fully saturated rings. The predicted octanol–water partition coefficient (Wildman–Crippen LogP) is 2.49. The van der Waals surface area contributed by atoms with Crippen LogP contribution in [0.1, 0.15) is 9.75 Å². The van der Waals surface area contributed by atoms with E-state index in [0.29, 0.717) is 19.6 Å². The van der Waals surface area contributed by atoms with E-state index in [-0.39, 0.29) is 6.03 Å². The molecule has 2 amide bonds. The third-order valence-corrected chi connectivity index (χ3v) is 5.05. The minimum atomic E-state index is -0.000644. The third-order valence-electron chi connectivity index (χ3n) is 4.05. The highest BCUT2D eigenvalue weighted by Crippen LogP contribution is 2.19. The minimum Gasteiger partial charge on any atom is -0.497 e. The first kappa shape index (κ1) is 16.6. The third kappa shape index (κ3) is 3.97.